The van der Waals surface area contributed by atoms with Gasteiger partial charge in [-0.3, -0.25) is 9.59 Å². The number of nitrogens with zero attached hydrogens (tertiary/aromatic N) is 1. The van der Waals surface area contributed by atoms with Crippen molar-refractivity contribution in [3.05, 3.63) is 23.3 Å². The third-order valence-corrected chi connectivity index (χ3v) is 9.31. The predicted molar refractivity (Wildman–Crippen MR) is 114 cm³/mol. The van der Waals surface area contributed by atoms with Crippen LogP contribution in [0, 0.1) is 45.3 Å². The van der Waals surface area contributed by atoms with Gasteiger partial charge in [0.05, 0.1) is 11.0 Å². The molecule has 0 aromatic rings. The first kappa shape index (κ1) is 20.6. The predicted octanol–water partition coefficient (Wildman–Crippen LogP) is 5.95. The Labute approximate surface area is 175 Å². The van der Waals surface area contributed by atoms with Gasteiger partial charge in [-0.2, -0.15) is 5.26 Å². The molecule has 3 nitrogen and oxygen atoms in total. The van der Waals surface area contributed by atoms with Gasteiger partial charge in [-0.1, -0.05) is 58.3 Å². The van der Waals surface area contributed by atoms with E-state index in [9.17, 15) is 14.9 Å². The first-order valence-corrected chi connectivity index (χ1v) is 11.8. The summed E-state index contributed by atoms with van der Waals surface area (Å²) in [7, 11) is 0. The van der Waals surface area contributed by atoms with Crippen molar-refractivity contribution < 1.29 is 9.59 Å². The van der Waals surface area contributed by atoms with Crippen LogP contribution in [-0.4, -0.2) is 11.6 Å². The van der Waals surface area contributed by atoms with Crippen LogP contribution in [0.5, 0.6) is 0 Å². The van der Waals surface area contributed by atoms with Crippen LogP contribution in [0.15, 0.2) is 23.3 Å². The highest BCUT2D eigenvalue weighted by Gasteiger charge is 2.62. The van der Waals surface area contributed by atoms with E-state index in [1.165, 1.54) is 5.57 Å². The molecular formula is C26H35NO2. The normalized spacial score (nSPS) is 42.0. The maximum atomic E-state index is 13.2. The van der Waals surface area contributed by atoms with E-state index in [2.05, 4.69) is 26.0 Å². The van der Waals surface area contributed by atoms with Crippen molar-refractivity contribution in [3.63, 3.8) is 0 Å². The summed E-state index contributed by atoms with van der Waals surface area (Å²) < 4.78 is 0. The minimum atomic E-state index is -0.411. The van der Waals surface area contributed by atoms with Crippen LogP contribution >= 0.6 is 0 Å². The summed E-state index contributed by atoms with van der Waals surface area (Å²) >= 11 is 0. The average Bonchev–Trinajstić information content (AvgIpc) is 3.32. The number of hydrogen-bond donors (Lipinski definition) is 0. The molecule has 5 rings (SSSR count). The summed E-state index contributed by atoms with van der Waals surface area (Å²) in [4.78, 5) is 25.8. The van der Waals surface area contributed by atoms with E-state index in [0.717, 1.165) is 57.8 Å². The number of Topliss-reactive ketones (excluding diaryl/α,β-unsaturated/α-hetero) is 2. The molecule has 29 heavy (non-hydrogen) atoms. The molecule has 0 heterocycles. The van der Waals surface area contributed by atoms with E-state index in [0.29, 0.717) is 29.1 Å². The van der Waals surface area contributed by atoms with Gasteiger partial charge < -0.3 is 0 Å². The maximum absolute atomic E-state index is 13.2. The number of nitriles is 1. The molecular weight excluding hydrogens is 358 g/mol. The number of fused-ring (bicyclic) bond motifs is 6. The first-order valence-electron chi connectivity index (χ1n) is 11.8. The summed E-state index contributed by atoms with van der Waals surface area (Å²) in [5.41, 5.74) is 0.976. The number of carbonyl (C=O) groups excluding carboxylic acids is 2. The fourth-order valence-corrected chi connectivity index (χ4v) is 8.00. The highest BCUT2D eigenvalue weighted by molar-refractivity contribution is 6.07. The Morgan fingerprint density at radius 1 is 1.03 bits per heavy atom. The molecule has 4 unspecified atom stereocenters. The summed E-state index contributed by atoms with van der Waals surface area (Å²) in [5, 5.41) is 9.73. The second kappa shape index (κ2) is 6.93. The Morgan fingerprint density at radius 2 is 1.72 bits per heavy atom. The molecule has 156 valence electrons. The fraction of sp³-hybridized carbons (Fsp3) is 0.731. The number of allylic oxidation sites excluding steroid dienone is 4. The van der Waals surface area contributed by atoms with E-state index in [1.54, 1.807) is 0 Å². The smallest absolute Gasteiger partial charge is 0.183 e. The van der Waals surface area contributed by atoms with Crippen molar-refractivity contribution in [2.24, 2.45) is 34.0 Å². The summed E-state index contributed by atoms with van der Waals surface area (Å²) in [6.07, 6.45) is 13.2. The molecule has 3 saturated carbocycles. The van der Waals surface area contributed by atoms with Gasteiger partial charge in [-0.05, 0) is 56.3 Å². The molecule has 5 aliphatic rings. The molecule has 0 bridgehead atoms. The van der Waals surface area contributed by atoms with Crippen molar-refractivity contribution in [1.29, 1.82) is 5.26 Å². The highest BCUT2D eigenvalue weighted by Crippen LogP contribution is 2.67. The molecule has 3 heteroatoms. The van der Waals surface area contributed by atoms with Gasteiger partial charge in [-0.15, -0.1) is 0 Å². The Hall–Kier alpha value is -1.69. The lowest BCUT2D eigenvalue weighted by Gasteiger charge is -2.57. The Kier molecular flexibility index (Phi) is 4.92. The molecule has 0 saturated heterocycles. The zero-order valence-corrected chi connectivity index (χ0v) is 18.5. The topological polar surface area (TPSA) is 57.9 Å². The van der Waals surface area contributed by atoms with Crippen molar-refractivity contribution in [3.8, 4) is 6.07 Å². The second-order valence-electron chi connectivity index (χ2n) is 10.2. The largest absolute Gasteiger partial charge is 0.299 e. The van der Waals surface area contributed by atoms with Crippen LogP contribution in [0.2, 0.25) is 0 Å². The van der Waals surface area contributed by atoms with Crippen LogP contribution in [-0.2, 0) is 9.59 Å². The Bertz CT molecular complexity index is 837. The van der Waals surface area contributed by atoms with Gasteiger partial charge in [0.25, 0.3) is 0 Å². The van der Waals surface area contributed by atoms with Crippen molar-refractivity contribution in [2.75, 3.05) is 0 Å². The summed E-state index contributed by atoms with van der Waals surface area (Å²) in [6, 6.07) is 2.25. The van der Waals surface area contributed by atoms with E-state index < -0.39 is 5.41 Å². The fourth-order valence-electron chi connectivity index (χ4n) is 8.00. The first-order chi connectivity index (χ1) is 13.9. The van der Waals surface area contributed by atoms with Crippen LogP contribution in [0.3, 0.4) is 0 Å². The number of carbonyl (C=O) groups is 2. The van der Waals surface area contributed by atoms with Gasteiger partial charge in [0, 0.05) is 17.3 Å². The Morgan fingerprint density at radius 3 is 2.38 bits per heavy atom. The zero-order chi connectivity index (χ0) is 21.0. The van der Waals surface area contributed by atoms with E-state index in [-0.39, 0.29) is 16.6 Å². The minimum Gasteiger partial charge on any atom is -0.299 e. The van der Waals surface area contributed by atoms with Gasteiger partial charge in [0.15, 0.2) is 5.78 Å². The van der Waals surface area contributed by atoms with Crippen LogP contribution < -0.4 is 0 Å². The van der Waals surface area contributed by atoms with Crippen LogP contribution in [0.25, 0.3) is 0 Å². The molecule has 0 aromatic heterocycles. The lowest BCUT2D eigenvalue weighted by atomic mass is 9.45. The number of rotatable bonds is 0. The maximum Gasteiger partial charge on any atom is 0.183 e. The van der Waals surface area contributed by atoms with Crippen molar-refractivity contribution >= 4 is 11.6 Å². The lowest BCUT2D eigenvalue weighted by Crippen LogP contribution is -2.53. The molecule has 0 aromatic carbocycles. The SMILES string of the molecule is CC.CC12CCC3C(CC=C4C5(CCCC5)C(=O)C(C#N)=C[C@@]43C)C1CCC2=O. The molecule has 3 fully saturated rings. The van der Waals surface area contributed by atoms with Crippen LogP contribution in [0.4, 0.5) is 0 Å². The van der Waals surface area contributed by atoms with Gasteiger partial charge in [0.1, 0.15) is 11.9 Å². The summed E-state index contributed by atoms with van der Waals surface area (Å²) in [5.74, 6) is 1.98. The molecule has 0 aliphatic heterocycles. The number of hydrogen-bond acceptors (Lipinski definition) is 3. The van der Waals surface area contributed by atoms with Crippen molar-refractivity contribution in [1.82, 2.24) is 0 Å². The minimum absolute atomic E-state index is 0.0846. The lowest BCUT2D eigenvalue weighted by molar-refractivity contribution is -0.131. The van der Waals surface area contributed by atoms with E-state index in [4.69, 9.17) is 0 Å². The molecule has 0 N–H and O–H groups in total. The second-order valence-corrected chi connectivity index (χ2v) is 10.2. The standard InChI is InChI=1S/C24H29NO2.C2H6/c1-22-12-9-18-16(17(22)6-8-20(22)26)5-7-19-23(18,2)13-15(14-25)21(27)24(19)10-3-4-11-24;1-2/h7,13,16-18H,3-6,8-12H2,1-2H3;1-2H3/t16?,17?,18?,22?,23-;/m1./s1. The van der Waals surface area contributed by atoms with Gasteiger partial charge in [0.2, 0.25) is 0 Å². The molecule has 0 radical (unpaired) electrons. The summed E-state index contributed by atoms with van der Waals surface area (Å²) in [6.45, 7) is 8.49. The van der Waals surface area contributed by atoms with Crippen LogP contribution in [0.1, 0.15) is 85.5 Å². The quantitative estimate of drug-likeness (QED) is 0.478. The zero-order valence-electron chi connectivity index (χ0n) is 18.5. The molecule has 0 amide bonds. The third-order valence-electron chi connectivity index (χ3n) is 9.31. The monoisotopic (exact) mass is 393 g/mol. The Balaban J connectivity index is 0.000000994. The van der Waals surface area contributed by atoms with Gasteiger partial charge in [-0.25, -0.2) is 0 Å². The molecule has 5 atom stereocenters. The average molecular weight is 394 g/mol. The molecule has 1 spiro atoms. The molecule has 5 aliphatic carbocycles. The van der Waals surface area contributed by atoms with Crippen molar-refractivity contribution in [2.45, 2.75) is 85.5 Å². The third kappa shape index (κ3) is 2.54. The van der Waals surface area contributed by atoms with Gasteiger partial charge >= 0.3 is 0 Å². The highest BCUT2D eigenvalue weighted by atomic mass is 16.1. The number of ketones is 2. The van der Waals surface area contributed by atoms with E-state index >= 15 is 0 Å². The van der Waals surface area contributed by atoms with E-state index in [1.807, 2.05) is 19.9 Å².